The third-order valence-corrected chi connectivity index (χ3v) is 1.04. The van der Waals surface area contributed by atoms with Gasteiger partial charge in [0.1, 0.15) is 6.61 Å². The predicted octanol–water partition coefficient (Wildman–Crippen LogP) is -0.190. The molecule has 0 aromatic rings. The monoisotopic (exact) mass is 246 g/mol. The van der Waals surface area contributed by atoms with Gasteiger partial charge >= 0.3 is 17.9 Å². The molecule has 0 heterocycles. The third kappa shape index (κ3) is 16.5. The van der Waals surface area contributed by atoms with Gasteiger partial charge in [0.15, 0.2) is 0 Å². The molecule has 96 valence electrons. The van der Waals surface area contributed by atoms with Crippen molar-refractivity contribution < 1.29 is 34.4 Å². The summed E-state index contributed by atoms with van der Waals surface area (Å²) in [5.41, 5.74) is 0.350. The lowest BCUT2D eigenvalue weighted by Crippen LogP contribution is -2.08. The normalized spacial score (nSPS) is 9.06. The molecule has 0 spiro atoms. The first kappa shape index (κ1) is 17.3. The van der Waals surface area contributed by atoms with Crippen LogP contribution in [0.25, 0.3) is 0 Å². The van der Waals surface area contributed by atoms with Gasteiger partial charge in [-0.1, -0.05) is 6.58 Å². The average Bonchev–Trinajstić information content (AvgIpc) is 2.23. The van der Waals surface area contributed by atoms with Crippen LogP contribution in [0.1, 0.15) is 6.92 Å². The minimum atomic E-state index is -1.26. The van der Waals surface area contributed by atoms with Crippen molar-refractivity contribution in [3.63, 3.8) is 0 Å². The van der Waals surface area contributed by atoms with E-state index in [0.29, 0.717) is 17.7 Å². The molecule has 0 rings (SSSR count). The summed E-state index contributed by atoms with van der Waals surface area (Å²) in [6, 6.07) is 0. The maximum Gasteiger partial charge on any atom is 0.333 e. The minimum Gasteiger partial charge on any atom is -0.478 e. The molecule has 0 fully saturated rings. The van der Waals surface area contributed by atoms with Gasteiger partial charge in [-0.25, -0.2) is 14.4 Å². The Labute approximate surface area is 97.6 Å². The maximum atomic E-state index is 10.5. The van der Waals surface area contributed by atoms with Crippen LogP contribution in [0.5, 0.6) is 0 Å². The van der Waals surface area contributed by atoms with E-state index in [4.69, 9.17) is 15.3 Å². The number of hydrogen-bond acceptors (Lipinski definition) is 5. The molecule has 17 heavy (non-hydrogen) atoms. The molecule has 0 aliphatic heterocycles. The Morgan fingerprint density at radius 3 is 1.82 bits per heavy atom. The van der Waals surface area contributed by atoms with Crippen molar-refractivity contribution in [2.45, 2.75) is 6.92 Å². The Morgan fingerprint density at radius 1 is 1.18 bits per heavy atom. The fraction of sp³-hybridized carbons (Fsp3) is 0.300. The van der Waals surface area contributed by atoms with Crippen molar-refractivity contribution in [2.75, 3.05) is 13.2 Å². The van der Waals surface area contributed by atoms with Gasteiger partial charge in [0.25, 0.3) is 0 Å². The molecule has 3 N–H and O–H groups in total. The number of carboxylic acids is 2. The van der Waals surface area contributed by atoms with Crippen LogP contribution in [-0.4, -0.2) is 46.4 Å². The summed E-state index contributed by atoms with van der Waals surface area (Å²) < 4.78 is 4.46. The number of ether oxygens (including phenoxy) is 1. The highest BCUT2D eigenvalue weighted by molar-refractivity contribution is 5.89. The van der Waals surface area contributed by atoms with E-state index in [9.17, 15) is 14.4 Å². The number of aliphatic hydroxyl groups is 1. The van der Waals surface area contributed by atoms with Gasteiger partial charge in [0.05, 0.1) is 6.61 Å². The minimum absolute atomic E-state index is 0.0473. The van der Waals surface area contributed by atoms with Crippen molar-refractivity contribution in [1.82, 2.24) is 0 Å². The largest absolute Gasteiger partial charge is 0.478 e. The third-order valence-electron chi connectivity index (χ3n) is 1.04. The molecular formula is C10H14O7. The number of rotatable bonds is 5. The van der Waals surface area contributed by atoms with Crippen molar-refractivity contribution in [2.24, 2.45) is 0 Å². The molecule has 0 radical (unpaired) electrons. The van der Waals surface area contributed by atoms with Gasteiger partial charge in [0.2, 0.25) is 0 Å². The highest BCUT2D eigenvalue weighted by Gasteiger charge is 1.99. The first-order valence-electron chi connectivity index (χ1n) is 4.38. The molecule has 0 amide bonds. The lowest BCUT2D eigenvalue weighted by Gasteiger charge is -1.99. The molecule has 0 aromatic heterocycles. The molecule has 0 unspecified atom stereocenters. The lowest BCUT2D eigenvalue weighted by atomic mass is 10.4. The van der Waals surface area contributed by atoms with Gasteiger partial charge in [-0.05, 0) is 6.92 Å². The average molecular weight is 246 g/mol. The fourth-order valence-electron chi connectivity index (χ4n) is 0.404. The van der Waals surface area contributed by atoms with Crippen LogP contribution in [0.2, 0.25) is 0 Å². The summed E-state index contributed by atoms with van der Waals surface area (Å²) in [5, 5.41) is 23.8. The van der Waals surface area contributed by atoms with Crippen molar-refractivity contribution in [3.8, 4) is 0 Å². The van der Waals surface area contributed by atoms with Gasteiger partial charge in [-0.2, -0.15) is 0 Å². The predicted molar refractivity (Wildman–Crippen MR) is 57.3 cm³/mol. The summed E-state index contributed by atoms with van der Waals surface area (Å²) in [6.45, 7) is 4.81. The second kappa shape index (κ2) is 10.4. The topological polar surface area (TPSA) is 121 Å². The van der Waals surface area contributed by atoms with Crippen molar-refractivity contribution >= 4 is 17.9 Å². The number of aliphatic carboxylic acids is 2. The molecule has 0 saturated carbocycles. The van der Waals surface area contributed by atoms with E-state index in [1.165, 1.54) is 0 Å². The number of esters is 1. The van der Waals surface area contributed by atoms with Gasteiger partial charge in [0, 0.05) is 17.7 Å². The molecule has 0 atom stereocenters. The molecule has 7 nitrogen and oxygen atoms in total. The molecule has 0 aliphatic rings. The van der Waals surface area contributed by atoms with E-state index in [0.717, 1.165) is 0 Å². The van der Waals surface area contributed by atoms with Crippen LogP contribution >= 0.6 is 0 Å². The Kier molecular flexibility index (Phi) is 10.5. The van der Waals surface area contributed by atoms with Crippen LogP contribution in [0.3, 0.4) is 0 Å². The Bertz CT molecular complexity index is 301. The maximum absolute atomic E-state index is 10.5. The standard InChI is InChI=1S/C6H10O3.C4H4O4/c1-5(2)6(8)9-4-3-7;5-3(6)1-2-4(7)8/h7H,1,3-4H2,2H3;1-2H,(H,5,6)(H,7,8). The van der Waals surface area contributed by atoms with Crippen LogP contribution < -0.4 is 0 Å². The second-order valence-electron chi connectivity index (χ2n) is 2.65. The summed E-state index contributed by atoms with van der Waals surface area (Å²) >= 11 is 0. The highest BCUT2D eigenvalue weighted by atomic mass is 16.5. The fourth-order valence-corrected chi connectivity index (χ4v) is 0.404. The smallest absolute Gasteiger partial charge is 0.333 e. The van der Waals surface area contributed by atoms with E-state index in [1.54, 1.807) is 6.92 Å². The van der Waals surface area contributed by atoms with E-state index in [2.05, 4.69) is 11.3 Å². The number of carbonyl (C=O) groups is 3. The summed E-state index contributed by atoms with van der Waals surface area (Å²) in [4.78, 5) is 29.6. The van der Waals surface area contributed by atoms with Crippen LogP contribution in [0.15, 0.2) is 24.3 Å². The van der Waals surface area contributed by atoms with E-state index < -0.39 is 17.9 Å². The zero-order valence-corrected chi connectivity index (χ0v) is 9.25. The molecule has 0 aliphatic carbocycles. The number of carbonyl (C=O) groups excluding carboxylic acids is 1. The summed E-state index contributed by atoms with van der Waals surface area (Å²) in [7, 11) is 0. The van der Waals surface area contributed by atoms with Gasteiger partial charge in [-0.3, -0.25) is 0 Å². The molecular weight excluding hydrogens is 232 g/mol. The zero-order valence-electron chi connectivity index (χ0n) is 9.25. The first-order valence-corrected chi connectivity index (χ1v) is 4.38. The first-order chi connectivity index (χ1) is 7.81. The summed E-state index contributed by atoms with van der Waals surface area (Å²) in [6.07, 6.45) is 1.12. The van der Waals surface area contributed by atoms with Crippen LogP contribution in [0, 0.1) is 0 Å². The number of carboxylic acid groups (broad SMARTS) is 2. The van der Waals surface area contributed by atoms with Crippen LogP contribution in [-0.2, 0) is 19.1 Å². The van der Waals surface area contributed by atoms with Crippen molar-refractivity contribution in [3.05, 3.63) is 24.3 Å². The van der Waals surface area contributed by atoms with E-state index >= 15 is 0 Å². The molecule has 0 bridgehead atoms. The molecule has 0 aromatic carbocycles. The van der Waals surface area contributed by atoms with Crippen molar-refractivity contribution in [1.29, 1.82) is 0 Å². The molecule has 0 saturated heterocycles. The van der Waals surface area contributed by atoms with Crippen LogP contribution in [0.4, 0.5) is 0 Å². The Balaban J connectivity index is 0. The summed E-state index contributed by atoms with van der Waals surface area (Å²) in [5.74, 6) is -2.97. The van der Waals surface area contributed by atoms with Gasteiger partial charge < -0.3 is 20.1 Å². The Morgan fingerprint density at radius 2 is 1.59 bits per heavy atom. The second-order valence-corrected chi connectivity index (χ2v) is 2.65. The lowest BCUT2D eigenvalue weighted by molar-refractivity contribution is -0.140. The zero-order chi connectivity index (χ0) is 13.8. The van der Waals surface area contributed by atoms with E-state index in [1.807, 2.05) is 0 Å². The number of aliphatic hydroxyl groups excluding tert-OH is 1. The quantitative estimate of drug-likeness (QED) is 0.454. The Hall–Kier alpha value is -2.15. The van der Waals surface area contributed by atoms with Gasteiger partial charge in [-0.15, -0.1) is 0 Å². The highest BCUT2D eigenvalue weighted by Crippen LogP contribution is 1.89. The SMILES string of the molecule is C=C(C)C(=O)OCCO.O=C(O)C=CC(=O)O. The van der Waals surface area contributed by atoms with E-state index in [-0.39, 0.29) is 13.2 Å². The molecule has 7 heteroatoms. The number of hydrogen-bond donors (Lipinski definition) is 3.